The first kappa shape index (κ1) is 20.5. The maximum Gasteiger partial charge on any atom is 0.204 e. The summed E-state index contributed by atoms with van der Waals surface area (Å²) in [5.74, 6) is 1.25. The fourth-order valence-corrected chi connectivity index (χ4v) is 4.70. The van der Waals surface area contributed by atoms with Crippen LogP contribution in [-0.2, 0) is 0 Å². The molecule has 154 valence electrons. The molecule has 0 aliphatic heterocycles. The highest BCUT2D eigenvalue weighted by atomic mass is 35.5. The molecule has 1 saturated carbocycles. The summed E-state index contributed by atoms with van der Waals surface area (Å²) in [5, 5.41) is 20.8. The standard InChI is InChI=1S/C24H25N5.ClH/c1-16(22-8-4-6-18-5-2-3-7-23(18)22)25-21-14-13-20(15-21)17-9-11-19(12-10-17)24-26-28-29-27-24;/h2-12,16,20-21,25H,13-15H2,1H3,(H,26,27,28,29);1H/t16-,20?,21?;/m1./s1. The topological polar surface area (TPSA) is 66.5 Å². The molecule has 0 bridgehead atoms. The average molecular weight is 420 g/mol. The van der Waals surface area contributed by atoms with Gasteiger partial charge in [-0.1, -0.05) is 66.7 Å². The van der Waals surface area contributed by atoms with Crippen LogP contribution in [0, 0.1) is 0 Å². The van der Waals surface area contributed by atoms with Gasteiger partial charge < -0.3 is 5.32 Å². The first-order valence-corrected chi connectivity index (χ1v) is 10.4. The number of fused-ring (bicyclic) bond motifs is 1. The first-order valence-electron chi connectivity index (χ1n) is 10.4. The van der Waals surface area contributed by atoms with E-state index in [1.54, 1.807) is 0 Å². The minimum absolute atomic E-state index is 0. The molecule has 1 aromatic heterocycles. The third kappa shape index (κ3) is 4.09. The van der Waals surface area contributed by atoms with E-state index in [9.17, 15) is 0 Å². The molecular formula is C24H26ClN5. The van der Waals surface area contributed by atoms with Crippen molar-refractivity contribution in [1.29, 1.82) is 0 Å². The lowest BCUT2D eigenvalue weighted by molar-refractivity contribution is 0.459. The molecule has 5 nitrogen and oxygen atoms in total. The van der Waals surface area contributed by atoms with Crippen molar-refractivity contribution in [3.8, 4) is 11.4 Å². The molecule has 0 amide bonds. The number of nitrogens with zero attached hydrogens (tertiary/aromatic N) is 3. The molecule has 4 aromatic rings. The highest BCUT2D eigenvalue weighted by Gasteiger charge is 2.27. The van der Waals surface area contributed by atoms with Crippen molar-refractivity contribution in [2.75, 3.05) is 0 Å². The summed E-state index contributed by atoms with van der Waals surface area (Å²) in [6.07, 6.45) is 3.62. The van der Waals surface area contributed by atoms with Crippen LogP contribution in [0.2, 0.25) is 0 Å². The molecule has 1 heterocycles. The Morgan fingerprint density at radius 3 is 2.57 bits per heavy atom. The molecule has 2 N–H and O–H groups in total. The van der Waals surface area contributed by atoms with Crippen molar-refractivity contribution >= 4 is 23.2 Å². The maximum absolute atomic E-state index is 4.05. The maximum atomic E-state index is 4.05. The molecule has 30 heavy (non-hydrogen) atoms. The Hall–Kier alpha value is -2.76. The summed E-state index contributed by atoms with van der Waals surface area (Å²) in [6, 6.07) is 24.8. The average Bonchev–Trinajstić information content (AvgIpc) is 3.46. The van der Waals surface area contributed by atoms with Gasteiger partial charge in [0.25, 0.3) is 0 Å². The van der Waals surface area contributed by atoms with Gasteiger partial charge in [0.1, 0.15) is 0 Å². The van der Waals surface area contributed by atoms with E-state index >= 15 is 0 Å². The van der Waals surface area contributed by atoms with Gasteiger partial charge in [-0.3, -0.25) is 0 Å². The number of halogens is 1. The minimum atomic E-state index is 0. The molecule has 3 aromatic carbocycles. The van der Waals surface area contributed by atoms with Crippen molar-refractivity contribution in [3.63, 3.8) is 0 Å². The SMILES string of the molecule is C[C@@H](NC1CCC(c2ccc(-c3nn[nH]n3)cc2)C1)c1cccc2ccccc12.Cl. The molecule has 1 fully saturated rings. The lowest BCUT2D eigenvalue weighted by Gasteiger charge is -2.21. The van der Waals surface area contributed by atoms with Gasteiger partial charge in [0.15, 0.2) is 0 Å². The Bertz CT molecular complexity index is 1090. The van der Waals surface area contributed by atoms with E-state index in [-0.39, 0.29) is 12.4 Å². The molecule has 0 radical (unpaired) electrons. The Labute approximate surface area is 182 Å². The summed E-state index contributed by atoms with van der Waals surface area (Å²) in [6.45, 7) is 2.29. The summed E-state index contributed by atoms with van der Waals surface area (Å²) < 4.78 is 0. The van der Waals surface area contributed by atoms with Crippen LogP contribution < -0.4 is 5.32 Å². The van der Waals surface area contributed by atoms with E-state index in [1.165, 1.54) is 41.2 Å². The lowest BCUT2D eigenvalue weighted by atomic mass is 9.96. The second kappa shape index (κ2) is 8.94. The van der Waals surface area contributed by atoms with Crippen LogP contribution in [-0.4, -0.2) is 26.7 Å². The van der Waals surface area contributed by atoms with Crippen LogP contribution in [0.3, 0.4) is 0 Å². The highest BCUT2D eigenvalue weighted by molar-refractivity contribution is 5.86. The molecule has 0 spiro atoms. The largest absolute Gasteiger partial charge is 0.307 e. The molecule has 1 aliphatic rings. The zero-order chi connectivity index (χ0) is 19.6. The van der Waals surface area contributed by atoms with Gasteiger partial charge in [-0.2, -0.15) is 5.21 Å². The number of aromatic nitrogens is 4. The van der Waals surface area contributed by atoms with E-state index < -0.39 is 0 Å². The van der Waals surface area contributed by atoms with Crippen molar-refractivity contribution in [2.24, 2.45) is 0 Å². The summed E-state index contributed by atoms with van der Waals surface area (Å²) in [4.78, 5) is 0. The monoisotopic (exact) mass is 419 g/mol. The van der Waals surface area contributed by atoms with Crippen molar-refractivity contribution in [2.45, 2.75) is 44.2 Å². The van der Waals surface area contributed by atoms with Crippen molar-refractivity contribution < 1.29 is 0 Å². The van der Waals surface area contributed by atoms with E-state index in [4.69, 9.17) is 0 Å². The summed E-state index contributed by atoms with van der Waals surface area (Å²) in [7, 11) is 0. The zero-order valence-electron chi connectivity index (χ0n) is 17.0. The molecule has 2 unspecified atom stereocenters. The van der Waals surface area contributed by atoms with E-state index in [0.29, 0.717) is 23.8 Å². The van der Waals surface area contributed by atoms with Crippen LogP contribution in [0.15, 0.2) is 66.7 Å². The fraction of sp³-hybridized carbons (Fsp3) is 0.292. The van der Waals surface area contributed by atoms with Crippen LogP contribution in [0.1, 0.15) is 49.3 Å². The van der Waals surface area contributed by atoms with Crippen molar-refractivity contribution in [3.05, 3.63) is 77.9 Å². The molecule has 0 saturated heterocycles. The number of tetrazole rings is 1. The Kier molecular flexibility index (Phi) is 6.11. The predicted octanol–water partition coefficient (Wildman–Crippen LogP) is 5.43. The Morgan fingerprint density at radius 1 is 0.967 bits per heavy atom. The second-order valence-electron chi connectivity index (χ2n) is 8.02. The van der Waals surface area contributed by atoms with E-state index in [2.05, 4.69) is 99.6 Å². The number of benzene rings is 3. The van der Waals surface area contributed by atoms with E-state index in [1.807, 2.05) is 0 Å². The number of hydrogen-bond donors (Lipinski definition) is 2. The number of nitrogens with one attached hydrogen (secondary N) is 2. The van der Waals surface area contributed by atoms with Gasteiger partial charge in [-0.15, -0.1) is 22.6 Å². The van der Waals surface area contributed by atoms with Crippen molar-refractivity contribution in [1.82, 2.24) is 25.9 Å². The third-order valence-electron chi connectivity index (χ3n) is 6.19. The number of aromatic amines is 1. The normalized spacial score (nSPS) is 19.5. The van der Waals surface area contributed by atoms with Crippen LogP contribution in [0.5, 0.6) is 0 Å². The van der Waals surface area contributed by atoms with Gasteiger partial charge in [-0.25, -0.2) is 0 Å². The smallest absolute Gasteiger partial charge is 0.204 e. The molecule has 3 atom stereocenters. The molecular weight excluding hydrogens is 394 g/mol. The quantitative estimate of drug-likeness (QED) is 0.452. The van der Waals surface area contributed by atoms with E-state index in [0.717, 1.165) is 5.56 Å². The van der Waals surface area contributed by atoms with Gasteiger partial charge in [-0.05, 0) is 59.2 Å². The fourth-order valence-electron chi connectivity index (χ4n) is 4.70. The van der Waals surface area contributed by atoms with Gasteiger partial charge >= 0.3 is 0 Å². The second-order valence-corrected chi connectivity index (χ2v) is 8.02. The van der Waals surface area contributed by atoms with Crippen LogP contribution >= 0.6 is 12.4 Å². The number of rotatable bonds is 5. The van der Waals surface area contributed by atoms with Gasteiger partial charge in [0.05, 0.1) is 0 Å². The zero-order valence-corrected chi connectivity index (χ0v) is 17.8. The van der Waals surface area contributed by atoms with Gasteiger partial charge in [0, 0.05) is 17.6 Å². The predicted molar refractivity (Wildman–Crippen MR) is 123 cm³/mol. The third-order valence-corrected chi connectivity index (χ3v) is 6.19. The Morgan fingerprint density at radius 2 is 1.77 bits per heavy atom. The molecule has 5 rings (SSSR count). The minimum Gasteiger partial charge on any atom is -0.307 e. The summed E-state index contributed by atoms with van der Waals surface area (Å²) >= 11 is 0. The molecule has 6 heteroatoms. The number of H-pyrrole nitrogens is 1. The number of hydrogen-bond acceptors (Lipinski definition) is 4. The lowest BCUT2D eigenvalue weighted by Crippen LogP contribution is -2.29. The van der Waals surface area contributed by atoms with Crippen LogP contribution in [0.4, 0.5) is 0 Å². The summed E-state index contributed by atoms with van der Waals surface area (Å²) in [5.41, 5.74) is 3.79. The molecule has 1 aliphatic carbocycles. The first-order chi connectivity index (χ1) is 14.3. The van der Waals surface area contributed by atoms with Crippen LogP contribution in [0.25, 0.3) is 22.2 Å². The highest BCUT2D eigenvalue weighted by Crippen LogP contribution is 2.36. The van der Waals surface area contributed by atoms with Gasteiger partial charge in [0.2, 0.25) is 5.82 Å². The Balaban J connectivity index is 0.00000218.